The second-order valence-electron chi connectivity index (χ2n) is 4.54. The first-order chi connectivity index (χ1) is 9.55. The summed E-state index contributed by atoms with van der Waals surface area (Å²) in [5.74, 6) is -0.170. The van der Waals surface area contributed by atoms with Crippen molar-refractivity contribution in [3.8, 4) is 0 Å². The van der Waals surface area contributed by atoms with Crippen molar-refractivity contribution in [3.63, 3.8) is 0 Å². The molecule has 0 saturated heterocycles. The first-order valence-electron chi connectivity index (χ1n) is 6.14. The van der Waals surface area contributed by atoms with Gasteiger partial charge in [-0.3, -0.25) is 14.9 Å². The lowest BCUT2D eigenvalue weighted by Gasteiger charge is -2.20. The van der Waals surface area contributed by atoms with Gasteiger partial charge in [-0.15, -0.1) is 0 Å². The third-order valence-electron chi connectivity index (χ3n) is 3.11. The minimum Gasteiger partial charge on any atom is -0.394 e. The van der Waals surface area contributed by atoms with Crippen molar-refractivity contribution in [2.24, 2.45) is 0 Å². The van der Waals surface area contributed by atoms with Gasteiger partial charge in [-0.2, -0.15) is 0 Å². The van der Waals surface area contributed by atoms with Crippen LogP contribution >= 0.6 is 0 Å². The predicted octanol–water partition coefficient (Wildman–Crippen LogP) is 0.245. The number of amides is 1. The zero-order valence-corrected chi connectivity index (χ0v) is 10.6. The molecule has 2 rings (SSSR count). The minimum atomic E-state index is -0.676. The first kappa shape index (κ1) is 14.2. The SMILES string of the molecule is O=C1CCc2cc(NC(CO)CO)c([N+](=O)[O-])cc2N1. The van der Waals surface area contributed by atoms with Gasteiger partial charge >= 0.3 is 0 Å². The average Bonchev–Trinajstić information content (AvgIpc) is 2.43. The maximum absolute atomic E-state index is 11.3. The Kier molecular flexibility index (Phi) is 4.16. The van der Waals surface area contributed by atoms with Crippen LogP contribution in [0.4, 0.5) is 17.1 Å². The number of anilines is 2. The van der Waals surface area contributed by atoms with Crippen molar-refractivity contribution in [3.05, 3.63) is 27.8 Å². The fraction of sp³-hybridized carbons (Fsp3) is 0.417. The summed E-state index contributed by atoms with van der Waals surface area (Å²) in [4.78, 5) is 21.8. The second-order valence-corrected chi connectivity index (χ2v) is 4.54. The molecule has 0 aromatic heterocycles. The summed E-state index contributed by atoms with van der Waals surface area (Å²) in [6, 6.07) is 2.19. The summed E-state index contributed by atoms with van der Waals surface area (Å²) in [5.41, 5.74) is 1.23. The number of aryl methyl sites for hydroxylation is 1. The molecule has 0 unspecified atom stereocenters. The van der Waals surface area contributed by atoms with Crippen molar-refractivity contribution in [2.75, 3.05) is 23.8 Å². The Hall–Kier alpha value is -2.19. The largest absolute Gasteiger partial charge is 0.394 e. The summed E-state index contributed by atoms with van der Waals surface area (Å²) in [5, 5.41) is 34.5. The van der Waals surface area contributed by atoms with Gasteiger partial charge in [0.1, 0.15) is 5.69 Å². The molecule has 0 saturated carbocycles. The van der Waals surface area contributed by atoms with Gasteiger partial charge in [-0.1, -0.05) is 0 Å². The molecule has 1 amide bonds. The lowest BCUT2D eigenvalue weighted by molar-refractivity contribution is -0.383. The monoisotopic (exact) mass is 281 g/mol. The highest BCUT2D eigenvalue weighted by atomic mass is 16.6. The topological polar surface area (TPSA) is 125 Å². The highest BCUT2D eigenvalue weighted by Gasteiger charge is 2.23. The molecule has 0 radical (unpaired) electrons. The number of nitrogens with one attached hydrogen (secondary N) is 2. The Bertz CT molecular complexity index is 542. The molecular weight excluding hydrogens is 266 g/mol. The molecule has 0 spiro atoms. The van der Waals surface area contributed by atoms with E-state index in [9.17, 15) is 14.9 Å². The number of rotatable bonds is 5. The van der Waals surface area contributed by atoms with Gasteiger partial charge in [0.25, 0.3) is 5.69 Å². The molecule has 108 valence electrons. The first-order valence-corrected chi connectivity index (χ1v) is 6.14. The van der Waals surface area contributed by atoms with Crippen LogP contribution in [0.1, 0.15) is 12.0 Å². The fourth-order valence-corrected chi connectivity index (χ4v) is 2.05. The number of hydrogen-bond acceptors (Lipinski definition) is 6. The number of nitro benzene ring substituents is 1. The molecule has 1 aromatic carbocycles. The van der Waals surface area contributed by atoms with Crippen molar-refractivity contribution in [1.29, 1.82) is 0 Å². The average molecular weight is 281 g/mol. The maximum Gasteiger partial charge on any atom is 0.294 e. The van der Waals surface area contributed by atoms with Crippen LogP contribution < -0.4 is 10.6 Å². The van der Waals surface area contributed by atoms with Crippen LogP contribution in [-0.2, 0) is 11.2 Å². The van der Waals surface area contributed by atoms with Crippen LogP contribution in [0.25, 0.3) is 0 Å². The highest BCUT2D eigenvalue weighted by molar-refractivity contribution is 5.95. The van der Waals surface area contributed by atoms with E-state index in [1.54, 1.807) is 6.07 Å². The molecule has 1 heterocycles. The molecule has 8 nitrogen and oxygen atoms in total. The maximum atomic E-state index is 11.3. The molecule has 0 bridgehead atoms. The number of hydrogen-bond donors (Lipinski definition) is 4. The summed E-state index contributed by atoms with van der Waals surface area (Å²) >= 11 is 0. The zero-order chi connectivity index (χ0) is 14.7. The van der Waals surface area contributed by atoms with Crippen molar-refractivity contribution in [2.45, 2.75) is 18.9 Å². The van der Waals surface area contributed by atoms with E-state index in [2.05, 4.69) is 10.6 Å². The van der Waals surface area contributed by atoms with Crippen molar-refractivity contribution >= 4 is 23.0 Å². The Morgan fingerprint density at radius 3 is 2.65 bits per heavy atom. The zero-order valence-electron chi connectivity index (χ0n) is 10.6. The standard InChI is InChI=1S/C12H15N3O5/c16-5-8(6-17)13-10-3-7-1-2-12(18)14-9(7)4-11(10)15(19)20/h3-4,8,13,16-17H,1-2,5-6H2,(H,14,18). The number of carbonyl (C=O) groups is 1. The fourth-order valence-electron chi connectivity index (χ4n) is 2.05. The van der Waals surface area contributed by atoms with E-state index in [0.717, 1.165) is 5.56 Å². The molecular formula is C12H15N3O5. The molecule has 0 fully saturated rings. The van der Waals surface area contributed by atoms with Gasteiger partial charge in [0.2, 0.25) is 5.91 Å². The van der Waals surface area contributed by atoms with E-state index in [0.29, 0.717) is 18.5 Å². The lowest BCUT2D eigenvalue weighted by atomic mass is 10.0. The van der Waals surface area contributed by atoms with E-state index in [1.807, 2.05) is 0 Å². The van der Waals surface area contributed by atoms with Crippen molar-refractivity contribution in [1.82, 2.24) is 0 Å². The quantitative estimate of drug-likeness (QED) is 0.453. The van der Waals surface area contributed by atoms with Gasteiger partial charge in [-0.05, 0) is 18.1 Å². The van der Waals surface area contributed by atoms with Crippen LogP contribution in [0.5, 0.6) is 0 Å². The summed E-state index contributed by atoms with van der Waals surface area (Å²) in [7, 11) is 0. The van der Waals surface area contributed by atoms with Crippen LogP contribution in [0.3, 0.4) is 0 Å². The van der Waals surface area contributed by atoms with E-state index >= 15 is 0 Å². The van der Waals surface area contributed by atoms with Crippen LogP contribution in [0.2, 0.25) is 0 Å². The smallest absolute Gasteiger partial charge is 0.294 e. The third kappa shape index (κ3) is 2.86. The van der Waals surface area contributed by atoms with Gasteiger partial charge < -0.3 is 20.8 Å². The van der Waals surface area contributed by atoms with E-state index in [-0.39, 0.29) is 30.5 Å². The highest BCUT2D eigenvalue weighted by Crippen LogP contribution is 2.34. The third-order valence-corrected chi connectivity index (χ3v) is 3.11. The molecule has 4 N–H and O–H groups in total. The normalized spacial score (nSPS) is 13.8. The van der Waals surface area contributed by atoms with Crippen LogP contribution in [-0.4, -0.2) is 40.3 Å². The van der Waals surface area contributed by atoms with Gasteiger partial charge in [0, 0.05) is 12.5 Å². The second kappa shape index (κ2) is 5.85. The molecule has 0 atom stereocenters. The number of nitro groups is 1. The molecule has 20 heavy (non-hydrogen) atoms. The van der Waals surface area contributed by atoms with Gasteiger partial charge in [0.05, 0.1) is 29.9 Å². The Balaban J connectivity index is 2.39. The number of aliphatic hydroxyl groups excluding tert-OH is 2. The molecule has 0 aliphatic carbocycles. The van der Waals surface area contributed by atoms with Crippen molar-refractivity contribution < 1.29 is 19.9 Å². The summed E-state index contributed by atoms with van der Waals surface area (Å²) in [6.45, 7) is -0.692. The van der Waals surface area contributed by atoms with E-state index in [1.165, 1.54) is 6.07 Å². The number of benzene rings is 1. The number of aliphatic hydroxyl groups is 2. The molecule has 8 heteroatoms. The Morgan fingerprint density at radius 2 is 2.05 bits per heavy atom. The molecule has 1 aliphatic heterocycles. The van der Waals surface area contributed by atoms with E-state index < -0.39 is 11.0 Å². The summed E-state index contributed by atoms with van der Waals surface area (Å²) in [6.07, 6.45) is 0.824. The van der Waals surface area contributed by atoms with Crippen LogP contribution in [0, 0.1) is 10.1 Å². The van der Waals surface area contributed by atoms with Crippen LogP contribution in [0.15, 0.2) is 12.1 Å². The predicted molar refractivity (Wildman–Crippen MR) is 71.6 cm³/mol. The Labute approximate surface area is 114 Å². The minimum absolute atomic E-state index is 0.170. The molecule has 1 aliphatic rings. The number of nitrogens with zero attached hydrogens (tertiary/aromatic N) is 1. The van der Waals surface area contributed by atoms with E-state index in [4.69, 9.17) is 10.2 Å². The Morgan fingerprint density at radius 1 is 1.35 bits per heavy atom. The number of carbonyl (C=O) groups excluding carboxylic acids is 1. The summed E-state index contributed by atoms with van der Waals surface area (Å²) < 4.78 is 0. The van der Waals surface area contributed by atoms with Gasteiger partial charge in [0.15, 0.2) is 0 Å². The lowest BCUT2D eigenvalue weighted by Crippen LogP contribution is -2.28. The number of fused-ring (bicyclic) bond motifs is 1. The molecule has 1 aromatic rings. The van der Waals surface area contributed by atoms with Gasteiger partial charge in [-0.25, -0.2) is 0 Å².